The summed E-state index contributed by atoms with van der Waals surface area (Å²) in [5.41, 5.74) is 3.02. The summed E-state index contributed by atoms with van der Waals surface area (Å²) >= 11 is 0. The van der Waals surface area contributed by atoms with Gasteiger partial charge in [0.05, 0.1) is 6.61 Å². The molecule has 2 nitrogen and oxygen atoms in total. The summed E-state index contributed by atoms with van der Waals surface area (Å²) in [5, 5.41) is 3.53. The lowest BCUT2D eigenvalue weighted by Crippen LogP contribution is -2.33. The van der Waals surface area contributed by atoms with E-state index in [-0.39, 0.29) is 0 Å². The quantitative estimate of drug-likeness (QED) is 0.840. The molecular weight excluding hydrogens is 210 g/mol. The van der Waals surface area contributed by atoms with Gasteiger partial charge < -0.3 is 10.1 Å². The van der Waals surface area contributed by atoms with Crippen LogP contribution in [0, 0.1) is 11.3 Å². The molecule has 0 saturated carbocycles. The lowest BCUT2D eigenvalue weighted by atomic mass is 9.75. The average molecular weight is 233 g/mol. The lowest BCUT2D eigenvalue weighted by molar-refractivity contribution is 0.246. The second kappa shape index (κ2) is 4.59. The highest BCUT2D eigenvalue weighted by Crippen LogP contribution is 2.36. The van der Waals surface area contributed by atoms with Crippen LogP contribution in [0.3, 0.4) is 0 Å². The van der Waals surface area contributed by atoms with E-state index in [1.807, 2.05) is 13.0 Å². The molecule has 1 aromatic rings. The van der Waals surface area contributed by atoms with E-state index in [9.17, 15) is 0 Å². The van der Waals surface area contributed by atoms with Crippen LogP contribution in [0.1, 0.15) is 33.3 Å². The Morgan fingerprint density at radius 2 is 2.12 bits per heavy atom. The first kappa shape index (κ1) is 12.3. The van der Waals surface area contributed by atoms with E-state index in [4.69, 9.17) is 4.74 Å². The SMILES string of the molecule is CCOc1ccc2c(c1)CC(C(C)(C)C)CN2. The minimum absolute atomic E-state index is 0.353. The summed E-state index contributed by atoms with van der Waals surface area (Å²) in [6.45, 7) is 10.8. The Morgan fingerprint density at radius 3 is 2.76 bits per heavy atom. The van der Waals surface area contributed by atoms with Crippen molar-refractivity contribution in [1.29, 1.82) is 0 Å². The minimum atomic E-state index is 0.353. The van der Waals surface area contributed by atoms with Gasteiger partial charge >= 0.3 is 0 Å². The van der Waals surface area contributed by atoms with Crippen molar-refractivity contribution < 1.29 is 4.74 Å². The van der Waals surface area contributed by atoms with Crippen LogP contribution in [0.15, 0.2) is 18.2 Å². The number of ether oxygens (including phenoxy) is 1. The Balaban J connectivity index is 2.20. The molecule has 1 unspecified atom stereocenters. The summed E-state index contributed by atoms with van der Waals surface area (Å²) in [6.07, 6.45) is 1.15. The summed E-state index contributed by atoms with van der Waals surface area (Å²) < 4.78 is 5.57. The van der Waals surface area contributed by atoms with Crippen LogP contribution in [0.25, 0.3) is 0 Å². The van der Waals surface area contributed by atoms with Crippen LogP contribution in [-0.4, -0.2) is 13.2 Å². The first-order chi connectivity index (χ1) is 8.00. The molecule has 1 N–H and O–H groups in total. The molecule has 1 aliphatic heterocycles. The molecular formula is C15H23NO. The van der Waals surface area contributed by atoms with E-state index in [1.165, 1.54) is 11.3 Å². The highest BCUT2D eigenvalue weighted by Gasteiger charge is 2.28. The standard InChI is InChI=1S/C15H23NO/c1-5-17-13-6-7-14-11(9-13)8-12(10-16-14)15(2,3)4/h6-7,9,12,16H,5,8,10H2,1-4H3. The maximum absolute atomic E-state index is 5.57. The summed E-state index contributed by atoms with van der Waals surface area (Å²) in [5.74, 6) is 1.68. The van der Waals surface area contributed by atoms with Crippen LogP contribution in [0.5, 0.6) is 5.75 Å². The molecule has 2 rings (SSSR count). The smallest absolute Gasteiger partial charge is 0.119 e. The molecule has 0 fully saturated rings. The van der Waals surface area contributed by atoms with Crippen molar-refractivity contribution in [2.75, 3.05) is 18.5 Å². The van der Waals surface area contributed by atoms with Gasteiger partial charge in [0.15, 0.2) is 0 Å². The highest BCUT2D eigenvalue weighted by atomic mass is 16.5. The van der Waals surface area contributed by atoms with Crippen molar-refractivity contribution in [2.45, 2.75) is 34.1 Å². The first-order valence-electron chi connectivity index (χ1n) is 6.50. The van der Waals surface area contributed by atoms with Crippen LogP contribution in [0.4, 0.5) is 5.69 Å². The molecule has 0 aromatic heterocycles. The zero-order valence-electron chi connectivity index (χ0n) is 11.3. The molecule has 94 valence electrons. The molecule has 1 heterocycles. The van der Waals surface area contributed by atoms with Crippen LogP contribution >= 0.6 is 0 Å². The third kappa shape index (κ3) is 2.74. The molecule has 0 aliphatic carbocycles. The van der Waals surface area contributed by atoms with Crippen molar-refractivity contribution in [1.82, 2.24) is 0 Å². The summed E-state index contributed by atoms with van der Waals surface area (Å²) in [7, 11) is 0. The zero-order chi connectivity index (χ0) is 12.5. The topological polar surface area (TPSA) is 21.3 Å². The molecule has 1 aliphatic rings. The number of hydrogen-bond acceptors (Lipinski definition) is 2. The van der Waals surface area contributed by atoms with Gasteiger partial charge in [-0.1, -0.05) is 20.8 Å². The fourth-order valence-electron chi connectivity index (χ4n) is 2.35. The fraction of sp³-hybridized carbons (Fsp3) is 0.600. The highest BCUT2D eigenvalue weighted by molar-refractivity contribution is 5.56. The van der Waals surface area contributed by atoms with Gasteiger partial charge in [0.2, 0.25) is 0 Å². The largest absolute Gasteiger partial charge is 0.494 e. The Kier molecular flexibility index (Phi) is 3.32. The Labute approximate surface area is 104 Å². The Hall–Kier alpha value is -1.18. The Morgan fingerprint density at radius 1 is 1.35 bits per heavy atom. The minimum Gasteiger partial charge on any atom is -0.494 e. The van der Waals surface area contributed by atoms with E-state index < -0.39 is 0 Å². The van der Waals surface area contributed by atoms with Crippen LogP contribution in [0.2, 0.25) is 0 Å². The molecule has 0 radical (unpaired) electrons. The molecule has 0 spiro atoms. The van der Waals surface area contributed by atoms with Gasteiger partial charge in [-0.05, 0) is 48.4 Å². The molecule has 0 bridgehead atoms. The van der Waals surface area contributed by atoms with Gasteiger partial charge in [0.25, 0.3) is 0 Å². The number of fused-ring (bicyclic) bond motifs is 1. The molecule has 17 heavy (non-hydrogen) atoms. The molecule has 2 heteroatoms. The Bertz CT molecular complexity index is 392. The van der Waals surface area contributed by atoms with Crippen molar-refractivity contribution in [3.8, 4) is 5.75 Å². The van der Waals surface area contributed by atoms with Crippen molar-refractivity contribution in [3.63, 3.8) is 0 Å². The fourth-order valence-corrected chi connectivity index (χ4v) is 2.35. The molecule has 1 atom stereocenters. The number of rotatable bonds is 2. The average Bonchev–Trinajstić information content (AvgIpc) is 2.27. The molecule has 0 saturated heterocycles. The van der Waals surface area contributed by atoms with Gasteiger partial charge in [0, 0.05) is 12.2 Å². The van der Waals surface area contributed by atoms with Crippen molar-refractivity contribution in [2.24, 2.45) is 11.3 Å². The maximum atomic E-state index is 5.57. The van der Waals surface area contributed by atoms with Crippen LogP contribution in [-0.2, 0) is 6.42 Å². The second-order valence-electron chi connectivity index (χ2n) is 5.90. The van der Waals surface area contributed by atoms with Crippen LogP contribution < -0.4 is 10.1 Å². The molecule has 0 amide bonds. The predicted molar refractivity (Wildman–Crippen MR) is 72.7 cm³/mol. The van der Waals surface area contributed by atoms with E-state index in [0.717, 1.165) is 25.3 Å². The number of nitrogens with one attached hydrogen (secondary N) is 1. The number of hydrogen-bond donors (Lipinski definition) is 1. The maximum Gasteiger partial charge on any atom is 0.119 e. The van der Waals surface area contributed by atoms with E-state index in [2.05, 4.69) is 38.2 Å². The first-order valence-corrected chi connectivity index (χ1v) is 6.50. The van der Waals surface area contributed by atoms with Crippen molar-refractivity contribution >= 4 is 5.69 Å². The van der Waals surface area contributed by atoms with E-state index in [0.29, 0.717) is 11.3 Å². The second-order valence-corrected chi connectivity index (χ2v) is 5.90. The normalized spacial score (nSPS) is 19.4. The van der Waals surface area contributed by atoms with Gasteiger partial charge in [0.1, 0.15) is 5.75 Å². The third-order valence-electron chi connectivity index (χ3n) is 3.62. The third-order valence-corrected chi connectivity index (χ3v) is 3.62. The lowest BCUT2D eigenvalue weighted by Gasteiger charge is -2.35. The zero-order valence-corrected chi connectivity index (χ0v) is 11.3. The van der Waals surface area contributed by atoms with Gasteiger partial charge in [-0.3, -0.25) is 0 Å². The van der Waals surface area contributed by atoms with E-state index >= 15 is 0 Å². The monoisotopic (exact) mass is 233 g/mol. The predicted octanol–water partition coefficient (Wildman–Crippen LogP) is 3.72. The summed E-state index contributed by atoms with van der Waals surface area (Å²) in [4.78, 5) is 0. The number of benzene rings is 1. The van der Waals surface area contributed by atoms with E-state index in [1.54, 1.807) is 0 Å². The van der Waals surface area contributed by atoms with Gasteiger partial charge in [-0.25, -0.2) is 0 Å². The van der Waals surface area contributed by atoms with Crippen molar-refractivity contribution in [3.05, 3.63) is 23.8 Å². The van der Waals surface area contributed by atoms with Gasteiger partial charge in [-0.2, -0.15) is 0 Å². The molecule has 1 aromatic carbocycles. The summed E-state index contributed by atoms with van der Waals surface area (Å²) in [6, 6.07) is 6.37. The van der Waals surface area contributed by atoms with Gasteiger partial charge in [-0.15, -0.1) is 0 Å². The number of anilines is 1.